The van der Waals surface area contributed by atoms with Crippen molar-refractivity contribution in [2.24, 2.45) is 0 Å². The zero-order chi connectivity index (χ0) is 23.7. The Morgan fingerprint density at radius 1 is 1.15 bits per heavy atom. The van der Waals surface area contributed by atoms with E-state index in [1.165, 1.54) is 12.1 Å². The fourth-order valence-electron chi connectivity index (χ4n) is 4.28. The molecule has 4 aromatic rings. The fraction of sp³-hybridized carbons (Fsp3) is 0.292. The lowest BCUT2D eigenvalue weighted by atomic mass is 9.95. The van der Waals surface area contributed by atoms with Crippen LogP contribution in [0.3, 0.4) is 0 Å². The van der Waals surface area contributed by atoms with Gasteiger partial charge in [-0.2, -0.15) is 0 Å². The molecule has 0 spiro atoms. The summed E-state index contributed by atoms with van der Waals surface area (Å²) in [6.45, 7) is 1.53. The second-order valence-corrected chi connectivity index (χ2v) is 8.83. The molecule has 0 radical (unpaired) electrons. The van der Waals surface area contributed by atoms with Gasteiger partial charge in [0.05, 0.1) is 13.0 Å². The summed E-state index contributed by atoms with van der Waals surface area (Å²) >= 11 is 6.07. The van der Waals surface area contributed by atoms with E-state index in [2.05, 4.69) is 15.3 Å². The molecule has 0 saturated carbocycles. The van der Waals surface area contributed by atoms with Gasteiger partial charge in [-0.15, -0.1) is 5.10 Å². The van der Waals surface area contributed by atoms with Crippen molar-refractivity contribution < 1.29 is 9.18 Å². The maximum absolute atomic E-state index is 13.3. The van der Waals surface area contributed by atoms with Crippen molar-refractivity contribution in [3.63, 3.8) is 0 Å². The van der Waals surface area contributed by atoms with Crippen LogP contribution < -0.4 is 5.56 Å². The first-order valence-corrected chi connectivity index (χ1v) is 11.4. The number of hydrogen-bond acceptors (Lipinski definition) is 5. The molecule has 1 aliphatic heterocycles. The number of benzene rings is 2. The van der Waals surface area contributed by atoms with Crippen LogP contribution in [-0.2, 0) is 17.8 Å². The molecule has 5 rings (SSSR count). The highest BCUT2D eigenvalue weighted by Crippen LogP contribution is 2.27. The predicted octanol–water partition coefficient (Wildman–Crippen LogP) is 3.30. The van der Waals surface area contributed by atoms with Gasteiger partial charge in [-0.25, -0.2) is 14.1 Å². The molecule has 3 heterocycles. The number of halogens is 2. The largest absolute Gasteiger partial charge is 0.342 e. The van der Waals surface area contributed by atoms with E-state index in [4.69, 9.17) is 16.6 Å². The van der Waals surface area contributed by atoms with Gasteiger partial charge in [0.1, 0.15) is 11.6 Å². The first kappa shape index (κ1) is 22.2. The van der Waals surface area contributed by atoms with Crippen LogP contribution in [0.5, 0.6) is 0 Å². The van der Waals surface area contributed by atoms with Crippen molar-refractivity contribution in [3.8, 4) is 0 Å². The highest BCUT2D eigenvalue weighted by molar-refractivity contribution is 6.31. The average Bonchev–Trinajstić information content (AvgIpc) is 3.25. The topological polar surface area (TPSA) is 96.8 Å². The summed E-state index contributed by atoms with van der Waals surface area (Å²) in [6, 6.07) is 13.8. The first-order chi connectivity index (χ1) is 16.5. The minimum absolute atomic E-state index is 0.00985. The number of carbonyl (C=O) groups excluding carboxylic acids is 1. The van der Waals surface area contributed by atoms with Gasteiger partial charge in [0, 0.05) is 24.0 Å². The number of likely N-dealkylation sites (tertiary alicyclic amines) is 1. The SMILES string of the molecule is O=C(Cc1ccc(F)cc1Cl)N1CCC(c2nc3c(nnn3Cc3ccccc3)c(=O)[nH]2)CC1. The van der Waals surface area contributed by atoms with Crippen LogP contribution in [0.2, 0.25) is 5.02 Å². The van der Waals surface area contributed by atoms with E-state index in [0.717, 1.165) is 5.56 Å². The van der Waals surface area contributed by atoms with E-state index in [1.54, 1.807) is 15.6 Å². The van der Waals surface area contributed by atoms with E-state index >= 15 is 0 Å². The number of amides is 1. The van der Waals surface area contributed by atoms with Crippen LogP contribution >= 0.6 is 11.6 Å². The third-order valence-corrected chi connectivity index (χ3v) is 6.51. The number of nitrogens with zero attached hydrogens (tertiary/aromatic N) is 5. The van der Waals surface area contributed by atoms with Crippen LogP contribution in [0.4, 0.5) is 4.39 Å². The highest BCUT2D eigenvalue weighted by Gasteiger charge is 2.27. The molecule has 1 N–H and O–H groups in total. The van der Waals surface area contributed by atoms with E-state index in [1.807, 2.05) is 30.3 Å². The van der Waals surface area contributed by atoms with Crippen molar-refractivity contribution in [2.45, 2.75) is 31.7 Å². The second kappa shape index (κ2) is 9.34. The third kappa shape index (κ3) is 4.56. The Balaban J connectivity index is 1.29. The Morgan fingerprint density at radius 3 is 2.65 bits per heavy atom. The maximum Gasteiger partial charge on any atom is 0.281 e. The average molecular weight is 481 g/mol. The van der Waals surface area contributed by atoms with Gasteiger partial charge in [-0.05, 0) is 36.1 Å². The van der Waals surface area contributed by atoms with Crippen molar-refractivity contribution in [1.29, 1.82) is 0 Å². The summed E-state index contributed by atoms with van der Waals surface area (Å²) in [4.78, 5) is 34.7. The quantitative estimate of drug-likeness (QED) is 0.472. The number of aromatic amines is 1. The van der Waals surface area contributed by atoms with Gasteiger partial charge < -0.3 is 9.88 Å². The van der Waals surface area contributed by atoms with Gasteiger partial charge in [-0.1, -0.05) is 53.2 Å². The van der Waals surface area contributed by atoms with Crippen LogP contribution in [-0.4, -0.2) is 48.9 Å². The summed E-state index contributed by atoms with van der Waals surface area (Å²) in [5, 5.41) is 8.38. The Hall–Kier alpha value is -3.59. The number of nitrogens with one attached hydrogen (secondary N) is 1. The second-order valence-electron chi connectivity index (χ2n) is 8.42. The van der Waals surface area contributed by atoms with Crippen LogP contribution in [0.15, 0.2) is 53.3 Å². The third-order valence-electron chi connectivity index (χ3n) is 6.16. The lowest BCUT2D eigenvalue weighted by molar-refractivity contribution is -0.131. The molecule has 0 aliphatic carbocycles. The smallest absolute Gasteiger partial charge is 0.281 e. The zero-order valence-electron chi connectivity index (χ0n) is 18.2. The number of carbonyl (C=O) groups is 1. The Labute approximate surface area is 199 Å². The molecule has 2 aromatic carbocycles. The number of aromatic nitrogens is 5. The van der Waals surface area contributed by atoms with Gasteiger partial charge in [0.2, 0.25) is 5.91 Å². The molecule has 8 nitrogen and oxygen atoms in total. The van der Waals surface area contributed by atoms with E-state index < -0.39 is 5.82 Å². The van der Waals surface area contributed by atoms with Gasteiger partial charge in [-0.3, -0.25) is 9.59 Å². The molecule has 1 fully saturated rings. The zero-order valence-corrected chi connectivity index (χ0v) is 19.0. The number of fused-ring (bicyclic) bond motifs is 1. The molecule has 0 atom stereocenters. The molecule has 1 aliphatic rings. The minimum Gasteiger partial charge on any atom is -0.342 e. The highest BCUT2D eigenvalue weighted by atomic mass is 35.5. The number of hydrogen-bond donors (Lipinski definition) is 1. The van der Waals surface area contributed by atoms with Crippen molar-refractivity contribution >= 4 is 28.7 Å². The summed E-state index contributed by atoms with van der Waals surface area (Å²) < 4.78 is 14.9. The molecule has 1 saturated heterocycles. The van der Waals surface area contributed by atoms with E-state index in [9.17, 15) is 14.0 Å². The molecule has 1 amide bonds. The number of piperidine rings is 1. The van der Waals surface area contributed by atoms with E-state index in [-0.39, 0.29) is 34.3 Å². The summed E-state index contributed by atoms with van der Waals surface area (Å²) in [5.41, 5.74) is 1.98. The summed E-state index contributed by atoms with van der Waals surface area (Å²) in [7, 11) is 0. The van der Waals surface area contributed by atoms with Gasteiger partial charge in [0.25, 0.3) is 5.56 Å². The summed E-state index contributed by atoms with van der Waals surface area (Å²) in [5.74, 6) is 0.105. The normalized spacial score (nSPS) is 14.6. The van der Waals surface area contributed by atoms with E-state index in [0.29, 0.717) is 49.5 Å². The van der Waals surface area contributed by atoms with Crippen LogP contribution in [0.1, 0.15) is 35.7 Å². The molecule has 0 bridgehead atoms. The minimum atomic E-state index is -0.430. The lowest BCUT2D eigenvalue weighted by Gasteiger charge is -2.31. The van der Waals surface area contributed by atoms with Crippen molar-refractivity contribution in [2.75, 3.05) is 13.1 Å². The molecular weight excluding hydrogens is 459 g/mol. The monoisotopic (exact) mass is 480 g/mol. The fourth-order valence-corrected chi connectivity index (χ4v) is 4.52. The molecule has 0 unspecified atom stereocenters. The Bertz CT molecular complexity index is 1400. The van der Waals surface area contributed by atoms with Crippen LogP contribution in [0, 0.1) is 5.82 Å². The lowest BCUT2D eigenvalue weighted by Crippen LogP contribution is -2.39. The van der Waals surface area contributed by atoms with Crippen LogP contribution in [0.25, 0.3) is 11.2 Å². The van der Waals surface area contributed by atoms with Crippen molar-refractivity contribution in [1.82, 2.24) is 29.9 Å². The molecule has 174 valence electrons. The standard InChI is InChI=1S/C24H22ClFN6O2/c25-19-13-18(26)7-6-17(19)12-20(33)31-10-8-16(9-11-31)22-27-23-21(24(34)28-22)29-30-32(23)14-15-4-2-1-3-5-15/h1-7,13,16H,8-12,14H2,(H,27,28,34). The molecule has 2 aromatic heterocycles. The molecule has 34 heavy (non-hydrogen) atoms. The van der Waals surface area contributed by atoms with Crippen molar-refractivity contribution in [3.05, 3.63) is 86.7 Å². The molecule has 10 heteroatoms. The molecular formula is C24H22ClFN6O2. The Kier molecular flexibility index (Phi) is 6.10. The first-order valence-electron chi connectivity index (χ1n) is 11.1. The predicted molar refractivity (Wildman–Crippen MR) is 125 cm³/mol. The number of rotatable bonds is 5. The maximum atomic E-state index is 13.3. The Morgan fingerprint density at radius 2 is 1.91 bits per heavy atom. The number of H-pyrrole nitrogens is 1. The van der Waals surface area contributed by atoms with Gasteiger partial charge >= 0.3 is 0 Å². The van der Waals surface area contributed by atoms with Gasteiger partial charge in [0.15, 0.2) is 11.2 Å². The summed E-state index contributed by atoms with van der Waals surface area (Å²) in [6.07, 6.45) is 1.45.